The summed E-state index contributed by atoms with van der Waals surface area (Å²) < 4.78 is 19.2. The zero-order valence-corrected chi connectivity index (χ0v) is 16.3. The van der Waals surface area contributed by atoms with E-state index in [2.05, 4.69) is 30.1 Å². The van der Waals surface area contributed by atoms with E-state index >= 15 is 0 Å². The van der Waals surface area contributed by atoms with Crippen molar-refractivity contribution in [1.82, 2.24) is 20.3 Å². The normalized spacial score (nSPS) is 16.9. The molecule has 0 radical (unpaired) electrons. The first-order valence-electron chi connectivity index (χ1n) is 10.0. The van der Waals surface area contributed by atoms with Gasteiger partial charge in [0.05, 0.1) is 26.2 Å². The third-order valence-electron chi connectivity index (χ3n) is 5.09. The number of rotatable bonds is 6. The molecule has 8 nitrogen and oxygen atoms in total. The Labute approximate surface area is 169 Å². The molecule has 29 heavy (non-hydrogen) atoms. The number of ether oxygens (including phenoxy) is 1. The highest BCUT2D eigenvalue weighted by atomic mass is 19.1. The number of halogens is 1. The van der Waals surface area contributed by atoms with Gasteiger partial charge in [-0.05, 0) is 24.5 Å². The topological polar surface area (TPSA) is 83.5 Å². The summed E-state index contributed by atoms with van der Waals surface area (Å²) in [5, 5.41) is 2.80. The molecule has 1 amide bonds. The summed E-state index contributed by atoms with van der Waals surface area (Å²) in [6, 6.07) is 6.29. The van der Waals surface area contributed by atoms with E-state index in [0.29, 0.717) is 36.5 Å². The van der Waals surface area contributed by atoms with Crippen LogP contribution in [0.15, 0.2) is 24.3 Å². The second-order valence-electron chi connectivity index (χ2n) is 7.19. The summed E-state index contributed by atoms with van der Waals surface area (Å²) in [7, 11) is 0. The summed E-state index contributed by atoms with van der Waals surface area (Å²) >= 11 is 0. The van der Waals surface area contributed by atoms with E-state index in [4.69, 9.17) is 4.74 Å². The average Bonchev–Trinajstić information content (AvgIpc) is 3.29. The molecule has 1 aromatic heterocycles. The van der Waals surface area contributed by atoms with E-state index in [1.807, 2.05) is 0 Å². The molecule has 1 N–H and O–H groups in total. The van der Waals surface area contributed by atoms with Crippen molar-refractivity contribution >= 4 is 17.8 Å². The van der Waals surface area contributed by atoms with Gasteiger partial charge in [-0.25, -0.2) is 4.39 Å². The Balaban J connectivity index is 1.47. The van der Waals surface area contributed by atoms with Crippen molar-refractivity contribution in [2.45, 2.75) is 25.8 Å². The van der Waals surface area contributed by atoms with Gasteiger partial charge in [0.15, 0.2) is 5.82 Å². The van der Waals surface area contributed by atoms with Crippen LogP contribution in [-0.2, 0) is 22.5 Å². The van der Waals surface area contributed by atoms with Gasteiger partial charge >= 0.3 is 0 Å². The van der Waals surface area contributed by atoms with E-state index in [1.165, 1.54) is 6.07 Å². The van der Waals surface area contributed by atoms with Gasteiger partial charge in [0.2, 0.25) is 17.8 Å². The van der Waals surface area contributed by atoms with Crippen LogP contribution in [0.1, 0.15) is 24.2 Å². The largest absolute Gasteiger partial charge is 0.378 e. The molecular weight excluding hydrogens is 375 g/mol. The van der Waals surface area contributed by atoms with Gasteiger partial charge in [-0.2, -0.15) is 15.0 Å². The van der Waals surface area contributed by atoms with Crippen LogP contribution in [0.2, 0.25) is 0 Å². The predicted octanol–water partition coefficient (Wildman–Crippen LogP) is 1.31. The monoisotopic (exact) mass is 400 g/mol. The van der Waals surface area contributed by atoms with Crippen molar-refractivity contribution in [3.8, 4) is 0 Å². The fourth-order valence-corrected chi connectivity index (χ4v) is 3.49. The fraction of sp³-hybridized carbons (Fsp3) is 0.500. The Morgan fingerprint density at radius 2 is 1.66 bits per heavy atom. The molecule has 0 spiro atoms. The van der Waals surface area contributed by atoms with Gasteiger partial charge in [0.1, 0.15) is 5.82 Å². The van der Waals surface area contributed by atoms with Crippen LogP contribution < -0.4 is 15.1 Å². The Morgan fingerprint density at radius 1 is 1.00 bits per heavy atom. The summed E-state index contributed by atoms with van der Waals surface area (Å²) in [5.74, 6) is 1.12. The van der Waals surface area contributed by atoms with Crippen LogP contribution in [-0.4, -0.2) is 60.3 Å². The number of morpholine rings is 1. The lowest BCUT2D eigenvalue weighted by atomic mass is 10.1. The molecule has 4 rings (SSSR count). The highest BCUT2D eigenvalue weighted by molar-refractivity contribution is 5.78. The summed E-state index contributed by atoms with van der Waals surface area (Å²) in [5.41, 5.74) is 0.368. The molecule has 2 fully saturated rings. The van der Waals surface area contributed by atoms with Crippen LogP contribution in [0, 0.1) is 5.82 Å². The number of aromatic nitrogens is 3. The molecule has 1 aromatic carbocycles. The standard InChI is InChI=1S/C20H25FN6O2/c21-16-6-2-1-5-15(16)13-18(28)22-14-17-23-19(26-7-3-4-8-26)25-20(24-17)27-9-11-29-12-10-27/h1-2,5-6H,3-4,7-14H2,(H,22,28). The molecule has 0 aliphatic carbocycles. The first-order chi connectivity index (χ1) is 14.2. The minimum absolute atomic E-state index is 0.0208. The van der Waals surface area contributed by atoms with Crippen LogP contribution in [0.4, 0.5) is 16.3 Å². The Bertz CT molecular complexity index is 853. The molecule has 0 bridgehead atoms. The number of carbonyl (C=O) groups excluding carboxylic acids is 1. The number of nitrogens with one attached hydrogen (secondary N) is 1. The molecule has 2 aliphatic rings. The number of carbonyl (C=O) groups is 1. The van der Waals surface area contributed by atoms with E-state index in [9.17, 15) is 9.18 Å². The Kier molecular flexibility index (Phi) is 6.14. The summed E-state index contributed by atoms with van der Waals surface area (Å²) in [6.07, 6.45) is 2.22. The lowest BCUT2D eigenvalue weighted by Gasteiger charge is -2.28. The molecule has 0 unspecified atom stereocenters. The Hall–Kier alpha value is -2.81. The number of amides is 1. The number of hydrogen-bond acceptors (Lipinski definition) is 7. The van der Waals surface area contributed by atoms with Gasteiger partial charge in [-0.15, -0.1) is 0 Å². The van der Waals surface area contributed by atoms with Crippen molar-refractivity contribution < 1.29 is 13.9 Å². The maximum atomic E-state index is 13.8. The zero-order valence-electron chi connectivity index (χ0n) is 16.3. The van der Waals surface area contributed by atoms with Crippen LogP contribution in [0.25, 0.3) is 0 Å². The van der Waals surface area contributed by atoms with Gasteiger partial charge < -0.3 is 19.9 Å². The van der Waals surface area contributed by atoms with Gasteiger partial charge in [-0.1, -0.05) is 18.2 Å². The minimum atomic E-state index is -0.381. The molecule has 3 heterocycles. The van der Waals surface area contributed by atoms with Gasteiger partial charge in [-0.3, -0.25) is 4.79 Å². The average molecular weight is 400 g/mol. The van der Waals surface area contributed by atoms with Crippen LogP contribution in [0.3, 0.4) is 0 Å². The molecule has 9 heteroatoms. The molecule has 2 aliphatic heterocycles. The third-order valence-corrected chi connectivity index (χ3v) is 5.09. The zero-order chi connectivity index (χ0) is 20.1. The summed E-state index contributed by atoms with van der Waals surface area (Å²) in [4.78, 5) is 30.3. The maximum absolute atomic E-state index is 13.8. The van der Waals surface area contributed by atoms with Crippen molar-refractivity contribution in [3.05, 3.63) is 41.5 Å². The predicted molar refractivity (Wildman–Crippen MR) is 106 cm³/mol. The third kappa shape index (κ3) is 4.97. The fourth-order valence-electron chi connectivity index (χ4n) is 3.49. The number of anilines is 2. The number of nitrogens with zero attached hydrogens (tertiary/aromatic N) is 5. The van der Waals surface area contributed by atoms with Crippen LogP contribution in [0.5, 0.6) is 0 Å². The van der Waals surface area contributed by atoms with Crippen molar-refractivity contribution in [1.29, 1.82) is 0 Å². The van der Waals surface area contributed by atoms with Gasteiger partial charge in [0, 0.05) is 26.2 Å². The second-order valence-corrected chi connectivity index (χ2v) is 7.19. The smallest absolute Gasteiger partial charge is 0.230 e. The Morgan fingerprint density at radius 3 is 2.34 bits per heavy atom. The number of hydrogen-bond donors (Lipinski definition) is 1. The molecule has 2 saturated heterocycles. The van der Waals surface area contributed by atoms with Crippen molar-refractivity contribution in [3.63, 3.8) is 0 Å². The van der Waals surface area contributed by atoms with Crippen molar-refractivity contribution in [2.75, 3.05) is 49.2 Å². The second kappa shape index (κ2) is 9.13. The minimum Gasteiger partial charge on any atom is -0.378 e. The molecule has 2 aromatic rings. The number of benzene rings is 1. The summed E-state index contributed by atoms with van der Waals surface area (Å²) in [6.45, 7) is 4.75. The van der Waals surface area contributed by atoms with E-state index < -0.39 is 0 Å². The van der Waals surface area contributed by atoms with Crippen molar-refractivity contribution in [2.24, 2.45) is 0 Å². The quantitative estimate of drug-likeness (QED) is 0.783. The lowest BCUT2D eigenvalue weighted by molar-refractivity contribution is -0.120. The molecule has 0 saturated carbocycles. The van der Waals surface area contributed by atoms with Crippen LogP contribution >= 0.6 is 0 Å². The highest BCUT2D eigenvalue weighted by Gasteiger charge is 2.21. The van der Waals surface area contributed by atoms with E-state index in [0.717, 1.165) is 39.0 Å². The van der Waals surface area contributed by atoms with E-state index in [1.54, 1.807) is 18.2 Å². The molecular formula is C20H25FN6O2. The van der Waals surface area contributed by atoms with Gasteiger partial charge in [0.25, 0.3) is 0 Å². The molecule has 154 valence electrons. The first-order valence-corrected chi connectivity index (χ1v) is 10.0. The molecule has 0 atom stereocenters. The van der Waals surface area contributed by atoms with E-state index in [-0.39, 0.29) is 24.7 Å². The highest BCUT2D eigenvalue weighted by Crippen LogP contribution is 2.19. The maximum Gasteiger partial charge on any atom is 0.230 e. The first kappa shape index (κ1) is 19.5. The SMILES string of the molecule is O=C(Cc1ccccc1F)NCc1nc(N2CCCC2)nc(N2CCOCC2)n1. The lowest BCUT2D eigenvalue weighted by Crippen LogP contribution is -2.38.